The van der Waals surface area contributed by atoms with Crippen molar-refractivity contribution in [1.82, 2.24) is 0 Å². The number of hydrogen-bond donors (Lipinski definition) is 0. The van der Waals surface area contributed by atoms with E-state index < -0.39 is 13.9 Å². The number of rotatable bonds is 26. The zero-order valence-corrected chi connectivity index (χ0v) is 25.3. The summed E-state index contributed by atoms with van der Waals surface area (Å²) in [6.07, 6.45) is 18.4. The molecular weight excluding hydrogens is 493 g/mol. The van der Waals surface area contributed by atoms with Crippen molar-refractivity contribution in [3.05, 3.63) is 12.2 Å². The van der Waals surface area contributed by atoms with Crippen LogP contribution in [0.2, 0.25) is 0 Å². The van der Waals surface area contributed by atoms with Crippen LogP contribution in [0.5, 0.6) is 0 Å². The van der Waals surface area contributed by atoms with Crippen molar-refractivity contribution in [3.63, 3.8) is 0 Å². The van der Waals surface area contributed by atoms with Gasteiger partial charge in [0.15, 0.2) is 0 Å². The molecule has 0 spiro atoms. The zero-order chi connectivity index (χ0) is 27.8. The van der Waals surface area contributed by atoms with Crippen LogP contribution in [-0.2, 0) is 27.9 Å². The van der Waals surface area contributed by atoms with Crippen LogP contribution in [0.3, 0.4) is 0 Å². The number of carbonyl (C=O) groups is 1. The van der Waals surface area contributed by atoms with E-state index in [9.17, 15) is 14.3 Å². The summed E-state index contributed by atoms with van der Waals surface area (Å²) in [5, 5.41) is 0. The molecule has 8 nitrogen and oxygen atoms in total. The SMILES string of the molecule is CCC/C=C\CCCCCCCCOCC(COP(=O)([O-])OCC[N+](C)(C)C)OC(=O)CCCCCC. The fourth-order valence-electron chi connectivity index (χ4n) is 3.49. The summed E-state index contributed by atoms with van der Waals surface area (Å²) in [6, 6.07) is 0. The number of carbonyl (C=O) groups excluding carboxylic acids is 1. The minimum absolute atomic E-state index is 0.0260. The molecule has 0 saturated carbocycles. The zero-order valence-electron chi connectivity index (χ0n) is 24.4. The van der Waals surface area contributed by atoms with Crippen LogP contribution in [0.15, 0.2) is 12.2 Å². The second-order valence-corrected chi connectivity index (χ2v) is 12.2. The van der Waals surface area contributed by atoms with E-state index in [4.69, 9.17) is 18.5 Å². The number of allylic oxidation sites excluding steroid dienone is 2. The maximum atomic E-state index is 12.2. The lowest BCUT2D eigenvalue weighted by Crippen LogP contribution is -2.37. The minimum Gasteiger partial charge on any atom is -0.756 e. The highest BCUT2D eigenvalue weighted by Crippen LogP contribution is 2.38. The van der Waals surface area contributed by atoms with Gasteiger partial charge >= 0.3 is 5.97 Å². The first-order valence-corrected chi connectivity index (χ1v) is 15.9. The topological polar surface area (TPSA) is 94.1 Å². The van der Waals surface area contributed by atoms with Crippen molar-refractivity contribution >= 4 is 13.8 Å². The standard InChI is InChI=1S/C28H56NO7P/c1-6-8-10-12-13-14-15-16-17-18-20-23-33-25-27(36-28(30)21-19-11-9-7-2)26-35-37(31,32)34-24-22-29(3,4)5/h10,12,27H,6-9,11,13-26H2,1-5H3/b12-10-. The van der Waals surface area contributed by atoms with Crippen molar-refractivity contribution in [2.75, 3.05) is 54.1 Å². The lowest BCUT2D eigenvalue weighted by molar-refractivity contribution is -0.870. The fraction of sp³-hybridized carbons (Fsp3) is 0.893. The predicted molar refractivity (Wildman–Crippen MR) is 148 cm³/mol. The van der Waals surface area contributed by atoms with Gasteiger partial charge in [0.1, 0.15) is 19.3 Å². The Kier molecular flexibility index (Phi) is 22.7. The first kappa shape index (κ1) is 36.2. The average Bonchev–Trinajstić information content (AvgIpc) is 2.82. The van der Waals surface area contributed by atoms with Crippen LogP contribution in [-0.4, -0.2) is 70.7 Å². The Hall–Kier alpha value is -0.760. The molecule has 9 heteroatoms. The molecule has 0 aliphatic heterocycles. The van der Waals surface area contributed by atoms with E-state index in [-0.39, 0.29) is 25.8 Å². The summed E-state index contributed by atoms with van der Waals surface area (Å²) >= 11 is 0. The third-order valence-electron chi connectivity index (χ3n) is 5.80. The molecule has 0 amide bonds. The molecular formula is C28H56NO7P. The van der Waals surface area contributed by atoms with E-state index in [1.807, 2.05) is 21.1 Å². The van der Waals surface area contributed by atoms with Gasteiger partial charge < -0.3 is 27.9 Å². The second-order valence-electron chi connectivity index (χ2n) is 10.8. The van der Waals surface area contributed by atoms with E-state index in [0.29, 0.717) is 24.1 Å². The molecule has 0 heterocycles. The van der Waals surface area contributed by atoms with Gasteiger partial charge in [-0.15, -0.1) is 0 Å². The third kappa shape index (κ3) is 26.6. The van der Waals surface area contributed by atoms with Crippen molar-refractivity contribution in [2.24, 2.45) is 0 Å². The number of esters is 1. The first-order valence-electron chi connectivity index (χ1n) is 14.4. The van der Waals surface area contributed by atoms with Crippen LogP contribution in [0.4, 0.5) is 0 Å². The van der Waals surface area contributed by atoms with Crippen LogP contribution in [0.25, 0.3) is 0 Å². The summed E-state index contributed by atoms with van der Waals surface area (Å²) in [7, 11) is 1.35. The van der Waals surface area contributed by atoms with Crippen molar-refractivity contribution in [1.29, 1.82) is 0 Å². The lowest BCUT2D eigenvalue weighted by atomic mass is 10.1. The monoisotopic (exact) mass is 549 g/mol. The Labute approximate surface area is 227 Å². The summed E-state index contributed by atoms with van der Waals surface area (Å²) in [4.78, 5) is 24.4. The largest absolute Gasteiger partial charge is 0.756 e. The molecule has 2 unspecified atom stereocenters. The molecule has 2 atom stereocenters. The maximum Gasteiger partial charge on any atom is 0.306 e. The van der Waals surface area contributed by atoms with Crippen molar-refractivity contribution < 1.29 is 37.3 Å². The van der Waals surface area contributed by atoms with Gasteiger partial charge in [-0.2, -0.15) is 0 Å². The van der Waals surface area contributed by atoms with Gasteiger partial charge in [0.05, 0.1) is 34.4 Å². The Morgan fingerprint density at radius 1 is 0.811 bits per heavy atom. The molecule has 0 aromatic rings. The molecule has 220 valence electrons. The van der Waals surface area contributed by atoms with Gasteiger partial charge in [0, 0.05) is 13.0 Å². The molecule has 0 aromatic carbocycles. The highest BCUT2D eigenvalue weighted by molar-refractivity contribution is 7.45. The number of hydrogen-bond acceptors (Lipinski definition) is 7. The molecule has 0 fully saturated rings. The molecule has 37 heavy (non-hydrogen) atoms. The normalized spacial score (nSPS) is 14.6. The summed E-state index contributed by atoms with van der Waals surface area (Å²) in [5.41, 5.74) is 0. The lowest BCUT2D eigenvalue weighted by Gasteiger charge is -2.28. The Bertz CT molecular complexity index is 622. The molecule has 0 aliphatic rings. The van der Waals surface area contributed by atoms with Crippen LogP contribution >= 0.6 is 7.82 Å². The molecule has 0 rings (SSSR count). The molecule has 0 aromatic heterocycles. The average molecular weight is 550 g/mol. The number of phosphoric acid groups is 1. The summed E-state index contributed by atoms with van der Waals surface area (Å²) in [6.45, 7) is 5.18. The number of nitrogens with zero attached hydrogens (tertiary/aromatic N) is 1. The number of phosphoric ester groups is 1. The number of quaternary nitrogens is 1. The molecule has 0 bridgehead atoms. The Morgan fingerprint density at radius 3 is 2.14 bits per heavy atom. The molecule has 0 radical (unpaired) electrons. The van der Waals surface area contributed by atoms with Crippen molar-refractivity contribution in [3.8, 4) is 0 Å². The van der Waals surface area contributed by atoms with E-state index in [0.717, 1.165) is 38.5 Å². The highest BCUT2D eigenvalue weighted by Gasteiger charge is 2.20. The highest BCUT2D eigenvalue weighted by atomic mass is 31.2. The second kappa shape index (κ2) is 23.2. The quantitative estimate of drug-likeness (QED) is 0.0418. The first-order chi connectivity index (χ1) is 17.6. The molecule has 0 saturated heterocycles. The minimum atomic E-state index is -4.49. The van der Waals surface area contributed by atoms with Gasteiger partial charge in [-0.05, 0) is 32.1 Å². The predicted octanol–water partition coefficient (Wildman–Crippen LogP) is 6.18. The fourth-order valence-corrected chi connectivity index (χ4v) is 4.21. The molecule has 0 aliphatic carbocycles. The Morgan fingerprint density at radius 2 is 1.46 bits per heavy atom. The number of unbranched alkanes of at least 4 members (excludes halogenated alkanes) is 10. The van der Waals surface area contributed by atoms with E-state index in [1.165, 1.54) is 44.9 Å². The van der Waals surface area contributed by atoms with E-state index in [1.54, 1.807) is 0 Å². The maximum absolute atomic E-state index is 12.2. The van der Waals surface area contributed by atoms with Gasteiger partial charge in [-0.3, -0.25) is 9.36 Å². The summed E-state index contributed by atoms with van der Waals surface area (Å²) in [5.74, 6) is -0.357. The van der Waals surface area contributed by atoms with Crippen molar-refractivity contribution in [2.45, 2.75) is 110 Å². The third-order valence-corrected chi connectivity index (χ3v) is 6.76. The van der Waals surface area contributed by atoms with Gasteiger partial charge in [0.2, 0.25) is 0 Å². The van der Waals surface area contributed by atoms with Crippen LogP contribution in [0, 0.1) is 0 Å². The van der Waals surface area contributed by atoms with Crippen LogP contribution in [0.1, 0.15) is 104 Å². The van der Waals surface area contributed by atoms with Gasteiger partial charge in [0.25, 0.3) is 7.82 Å². The van der Waals surface area contributed by atoms with Gasteiger partial charge in [-0.1, -0.05) is 77.4 Å². The molecule has 0 N–H and O–H groups in total. The Balaban J connectivity index is 4.30. The van der Waals surface area contributed by atoms with Crippen LogP contribution < -0.4 is 4.89 Å². The number of ether oxygens (including phenoxy) is 2. The van der Waals surface area contributed by atoms with E-state index >= 15 is 0 Å². The number of likely N-dealkylation sites (N-methyl/N-ethyl adjacent to an activating group) is 1. The van der Waals surface area contributed by atoms with E-state index in [2.05, 4.69) is 26.0 Å². The summed E-state index contributed by atoms with van der Waals surface area (Å²) < 4.78 is 33.9. The smallest absolute Gasteiger partial charge is 0.306 e. The van der Waals surface area contributed by atoms with Gasteiger partial charge in [-0.25, -0.2) is 0 Å².